The summed E-state index contributed by atoms with van der Waals surface area (Å²) in [6.45, 7) is 0. The Balaban J connectivity index is 2.01. The number of nitrogens with two attached hydrogens (primary N) is 1. The second-order valence-corrected chi connectivity index (χ2v) is 4.37. The van der Waals surface area contributed by atoms with Crippen molar-refractivity contribution in [1.29, 1.82) is 0 Å². The van der Waals surface area contributed by atoms with Gasteiger partial charge in [-0.25, -0.2) is 4.79 Å². The fourth-order valence-corrected chi connectivity index (χ4v) is 2.08. The molecule has 3 N–H and O–H groups in total. The van der Waals surface area contributed by atoms with E-state index in [-0.39, 0.29) is 18.0 Å². The first kappa shape index (κ1) is 11.9. The normalized spacial score (nSPS) is 24.3. The summed E-state index contributed by atoms with van der Waals surface area (Å²) in [7, 11) is 0. The minimum Gasteiger partial charge on any atom is -0.430 e. The molecule has 1 heterocycles. The second-order valence-electron chi connectivity index (χ2n) is 4.37. The molecule has 5 nitrogen and oxygen atoms in total. The van der Waals surface area contributed by atoms with Crippen LogP contribution in [0.5, 0.6) is 0 Å². The molecule has 1 amide bonds. The molecule has 2 unspecified atom stereocenters. The van der Waals surface area contributed by atoms with Gasteiger partial charge in [0.25, 0.3) is 5.91 Å². The molecule has 0 aromatic carbocycles. The maximum atomic E-state index is 11.8. The number of hydrogen-bond acceptors (Lipinski definition) is 4. The average Bonchev–Trinajstić information content (AvgIpc) is 2.33. The highest BCUT2D eigenvalue weighted by atomic mass is 16.4. The number of rotatable bonds is 2. The summed E-state index contributed by atoms with van der Waals surface area (Å²) in [4.78, 5) is 22.6. The Morgan fingerprint density at radius 2 is 2.12 bits per heavy atom. The Morgan fingerprint density at radius 1 is 1.35 bits per heavy atom. The van der Waals surface area contributed by atoms with Crippen LogP contribution in [0.4, 0.5) is 0 Å². The number of carbonyl (C=O) groups is 1. The van der Waals surface area contributed by atoms with Crippen molar-refractivity contribution in [2.24, 2.45) is 5.73 Å². The zero-order chi connectivity index (χ0) is 12.3. The lowest BCUT2D eigenvalue weighted by molar-refractivity contribution is 0.0919. The minimum atomic E-state index is -0.462. The van der Waals surface area contributed by atoms with Gasteiger partial charge in [-0.3, -0.25) is 4.79 Å². The smallest absolute Gasteiger partial charge is 0.335 e. The molecule has 1 fully saturated rings. The molecule has 5 heteroatoms. The predicted molar refractivity (Wildman–Crippen MR) is 62.7 cm³/mol. The highest BCUT2D eigenvalue weighted by molar-refractivity contribution is 5.93. The first-order chi connectivity index (χ1) is 8.16. The molecule has 92 valence electrons. The largest absolute Gasteiger partial charge is 0.430 e. The SMILES string of the molecule is NC1CCCCC1NC(=O)c1ccc(=O)oc1. The van der Waals surface area contributed by atoms with Crippen LogP contribution < -0.4 is 16.7 Å². The van der Waals surface area contributed by atoms with Crippen LogP contribution in [0.25, 0.3) is 0 Å². The third kappa shape index (κ3) is 2.94. The van der Waals surface area contributed by atoms with E-state index in [9.17, 15) is 9.59 Å². The van der Waals surface area contributed by atoms with Crippen molar-refractivity contribution in [3.05, 3.63) is 34.4 Å². The van der Waals surface area contributed by atoms with E-state index in [2.05, 4.69) is 9.73 Å². The van der Waals surface area contributed by atoms with Crippen LogP contribution in [0, 0.1) is 0 Å². The van der Waals surface area contributed by atoms with Crippen molar-refractivity contribution in [3.8, 4) is 0 Å². The lowest BCUT2D eigenvalue weighted by atomic mass is 9.91. The molecule has 1 aromatic rings. The summed E-state index contributed by atoms with van der Waals surface area (Å²) >= 11 is 0. The summed E-state index contributed by atoms with van der Waals surface area (Å²) in [6, 6.07) is 2.72. The van der Waals surface area contributed by atoms with Crippen LogP contribution in [0.1, 0.15) is 36.0 Å². The maximum Gasteiger partial charge on any atom is 0.335 e. The van der Waals surface area contributed by atoms with Crippen LogP contribution >= 0.6 is 0 Å². The van der Waals surface area contributed by atoms with E-state index in [0.29, 0.717) is 5.56 Å². The van der Waals surface area contributed by atoms with E-state index in [4.69, 9.17) is 5.73 Å². The molecule has 1 saturated carbocycles. The third-order valence-corrected chi connectivity index (χ3v) is 3.10. The predicted octanol–water partition coefficient (Wildman–Crippen LogP) is 0.639. The zero-order valence-corrected chi connectivity index (χ0v) is 9.52. The van der Waals surface area contributed by atoms with Gasteiger partial charge in [-0.2, -0.15) is 0 Å². The lowest BCUT2D eigenvalue weighted by Crippen LogP contribution is -2.49. The Labute approximate surface area is 99.0 Å². The fraction of sp³-hybridized carbons (Fsp3) is 0.500. The van der Waals surface area contributed by atoms with Crippen LogP contribution in [0.3, 0.4) is 0 Å². The standard InChI is InChI=1S/C12H16N2O3/c13-9-3-1-2-4-10(9)14-12(16)8-5-6-11(15)17-7-8/h5-7,9-10H,1-4,13H2,(H,14,16). The highest BCUT2D eigenvalue weighted by Crippen LogP contribution is 2.17. The van der Waals surface area contributed by atoms with Gasteiger partial charge in [0, 0.05) is 18.2 Å². The molecule has 1 aliphatic carbocycles. The quantitative estimate of drug-likeness (QED) is 0.789. The fourth-order valence-electron chi connectivity index (χ4n) is 2.08. The molecular formula is C12H16N2O3. The summed E-state index contributed by atoms with van der Waals surface area (Å²) in [5, 5.41) is 2.88. The van der Waals surface area contributed by atoms with Gasteiger partial charge in [-0.1, -0.05) is 12.8 Å². The highest BCUT2D eigenvalue weighted by Gasteiger charge is 2.23. The van der Waals surface area contributed by atoms with Gasteiger partial charge in [0.15, 0.2) is 0 Å². The Hall–Kier alpha value is -1.62. The topological polar surface area (TPSA) is 85.3 Å². The van der Waals surface area contributed by atoms with Crippen LogP contribution in [-0.4, -0.2) is 18.0 Å². The van der Waals surface area contributed by atoms with Crippen molar-refractivity contribution < 1.29 is 9.21 Å². The van der Waals surface area contributed by atoms with Crippen LogP contribution in [0.15, 0.2) is 27.6 Å². The zero-order valence-electron chi connectivity index (χ0n) is 9.52. The minimum absolute atomic E-state index is 0.0168. The molecule has 0 radical (unpaired) electrons. The van der Waals surface area contributed by atoms with E-state index in [1.165, 1.54) is 18.4 Å². The van der Waals surface area contributed by atoms with Crippen molar-refractivity contribution >= 4 is 5.91 Å². The van der Waals surface area contributed by atoms with E-state index in [1.54, 1.807) is 0 Å². The number of nitrogens with one attached hydrogen (secondary N) is 1. The third-order valence-electron chi connectivity index (χ3n) is 3.10. The Morgan fingerprint density at radius 3 is 2.76 bits per heavy atom. The summed E-state index contributed by atoms with van der Waals surface area (Å²) in [5.74, 6) is -0.240. The molecule has 0 aliphatic heterocycles. The van der Waals surface area contributed by atoms with E-state index in [1.807, 2.05) is 0 Å². The van der Waals surface area contributed by atoms with Gasteiger partial charge in [0.05, 0.1) is 5.56 Å². The molecule has 1 aliphatic rings. The molecule has 2 rings (SSSR count). The van der Waals surface area contributed by atoms with Gasteiger partial charge in [0.2, 0.25) is 0 Å². The summed E-state index contributed by atoms with van der Waals surface area (Å²) in [5.41, 5.74) is 5.83. The van der Waals surface area contributed by atoms with E-state index in [0.717, 1.165) is 25.7 Å². The van der Waals surface area contributed by atoms with Crippen molar-refractivity contribution in [1.82, 2.24) is 5.32 Å². The van der Waals surface area contributed by atoms with Gasteiger partial charge >= 0.3 is 5.63 Å². The van der Waals surface area contributed by atoms with Crippen molar-refractivity contribution in [3.63, 3.8) is 0 Å². The molecule has 0 saturated heterocycles. The maximum absolute atomic E-state index is 11.8. The van der Waals surface area contributed by atoms with Crippen molar-refractivity contribution in [2.45, 2.75) is 37.8 Å². The van der Waals surface area contributed by atoms with Crippen molar-refractivity contribution in [2.75, 3.05) is 0 Å². The first-order valence-electron chi connectivity index (χ1n) is 5.82. The van der Waals surface area contributed by atoms with Gasteiger partial charge in [-0.05, 0) is 18.9 Å². The molecular weight excluding hydrogens is 220 g/mol. The Kier molecular flexibility index (Phi) is 3.58. The lowest BCUT2D eigenvalue weighted by Gasteiger charge is -2.29. The molecule has 17 heavy (non-hydrogen) atoms. The molecule has 1 aromatic heterocycles. The average molecular weight is 236 g/mol. The van der Waals surface area contributed by atoms with Gasteiger partial charge < -0.3 is 15.5 Å². The van der Waals surface area contributed by atoms with Crippen LogP contribution in [-0.2, 0) is 0 Å². The van der Waals surface area contributed by atoms with Crippen LogP contribution in [0.2, 0.25) is 0 Å². The first-order valence-corrected chi connectivity index (χ1v) is 5.82. The summed E-state index contributed by atoms with van der Waals surface area (Å²) in [6.07, 6.45) is 5.22. The molecule has 0 spiro atoms. The number of amides is 1. The number of carbonyl (C=O) groups excluding carboxylic acids is 1. The van der Waals surface area contributed by atoms with E-state index >= 15 is 0 Å². The monoisotopic (exact) mass is 236 g/mol. The Bertz CT molecular complexity index is 435. The van der Waals surface area contributed by atoms with E-state index < -0.39 is 5.63 Å². The van der Waals surface area contributed by atoms with Gasteiger partial charge in [-0.15, -0.1) is 0 Å². The second kappa shape index (κ2) is 5.14. The summed E-state index contributed by atoms with van der Waals surface area (Å²) < 4.78 is 4.65. The molecule has 2 atom stereocenters. The molecule has 0 bridgehead atoms. The van der Waals surface area contributed by atoms with Gasteiger partial charge in [0.1, 0.15) is 6.26 Å². The number of hydrogen-bond donors (Lipinski definition) is 2.